The van der Waals surface area contributed by atoms with Gasteiger partial charge >= 0.3 is 7.12 Å². The molecule has 1 aliphatic heterocycles. The van der Waals surface area contributed by atoms with Crippen molar-refractivity contribution in [3.8, 4) is 5.75 Å². The summed E-state index contributed by atoms with van der Waals surface area (Å²) in [7, 11) is -0.503. The van der Waals surface area contributed by atoms with Crippen molar-refractivity contribution >= 4 is 7.12 Å². The predicted octanol–water partition coefficient (Wildman–Crippen LogP) is 2.02. The first-order valence-corrected chi connectivity index (χ1v) is 6.13. The Kier molecular flexibility index (Phi) is 3.17. The molecule has 0 aromatic heterocycles. The molecule has 1 saturated heterocycles. The van der Waals surface area contributed by atoms with E-state index in [1.165, 1.54) is 0 Å². The van der Waals surface area contributed by atoms with Gasteiger partial charge in [-0.2, -0.15) is 0 Å². The van der Waals surface area contributed by atoms with Gasteiger partial charge in [0.1, 0.15) is 5.75 Å². The molecule has 0 unspecified atom stereocenters. The Morgan fingerprint density at radius 1 is 1.17 bits per heavy atom. The highest BCUT2D eigenvalue weighted by Gasteiger charge is 2.53. The average molecular weight is 249 g/mol. The van der Waals surface area contributed by atoms with Crippen molar-refractivity contribution < 1.29 is 14.4 Å². The van der Waals surface area contributed by atoms with Gasteiger partial charge in [-0.3, -0.25) is 0 Å². The first-order valence-electron chi connectivity index (χ1n) is 6.13. The number of nitrogens with two attached hydrogens (primary N) is 1. The summed E-state index contributed by atoms with van der Waals surface area (Å²) in [5.74, 6) is -0.224. The van der Waals surface area contributed by atoms with E-state index < -0.39 is 24.3 Å². The summed E-state index contributed by atoms with van der Waals surface area (Å²) in [5, 5.41) is 9.47. The second-order valence-electron chi connectivity index (χ2n) is 5.75. The van der Waals surface area contributed by atoms with Crippen LogP contribution in [0.1, 0.15) is 39.2 Å². The Morgan fingerprint density at radius 2 is 1.72 bits per heavy atom. The standard InChI is InChI=1S/C13H20BNO3/c1-12(2)13(3,4)18-14(17-12)11(15)9-6-5-7-10(16)8-9/h5-8,11,16H,15H2,1-4H3/t11-/m0/s1. The summed E-state index contributed by atoms with van der Waals surface area (Å²) in [6, 6.07) is 6.86. The van der Waals surface area contributed by atoms with Crippen LogP contribution in [0.15, 0.2) is 24.3 Å². The summed E-state index contributed by atoms with van der Waals surface area (Å²) in [4.78, 5) is 0. The zero-order chi connectivity index (χ0) is 13.6. The number of rotatable bonds is 2. The number of benzene rings is 1. The maximum Gasteiger partial charge on any atom is 0.480 e. The maximum absolute atomic E-state index is 9.47. The van der Waals surface area contributed by atoms with E-state index in [1.807, 2.05) is 33.8 Å². The predicted molar refractivity (Wildman–Crippen MR) is 71.1 cm³/mol. The number of hydrogen-bond donors (Lipinski definition) is 2. The topological polar surface area (TPSA) is 64.7 Å². The van der Waals surface area contributed by atoms with Gasteiger partial charge in [0.05, 0.1) is 17.1 Å². The first-order chi connectivity index (χ1) is 8.23. The third-order valence-corrected chi connectivity index (χ3v) is 3.82. The minimum atomic E-state index is -0.503. The molecular formula is C13H20BNO3. The van der Waals surface area contributed by atoms with Crippen LogP contribution in [-0.4, -0.2) is 23.4 Å². The van der Waals surface area contributed by atoms with Crippen LogP contribution in [0.4, 0.5) is 0 Å². The van der Waals surface area contributed by atoms with Crippen LogP contribution in [-0.2, 0) is 9.31 Å². The molecule has 18 heavy (non-hydrogen) atoms. The Labute approximate surface area is 108 Å². The summed E-state index contributed by atoms with van der Waals surface area (Å²) in [6.07, 6.45) is 0. The van der Waals surface area contributed by atoms with E-state index in [9.17, 15) is 5.11 Å². The molecule has 1 atom stereocenters. The molecule has 1 aliphatic rings. The second-order valence-corrected chi connectivity index (χ2v) is 5.75. The van der Waals surface area contributed by atoms with Gasteiger partial charge in [-0.05, 0) is 45.4 Å². The van der Waals surface area contributed by atoms with Crippen LogP contribution >= 0.6 is 0 Å². The zero-order valence-corrected chi connectivity index (χ0v) is 11.3. The van der Waals surface area contributed by atoms with Crippen molar-refractivity contribution in [2.24, 2.45) is 5.73 Å². The van der Waals surface area contributed by atoms with E-state index in [0.29, 0.717) is 0 Å². The Hall–Kier alpha value is -1.04. The van der Waals surface area contributed by atoms with Gasteiger partial charge in [-0.1, -0.05) is 12.1 Å². The molecule has 0 bridgehead atoms. The van der Waals surface area contributed by atoms with E-state index in [-0.39, 0.29) is 5.75 Å². The second kappa shape index (κ2) is 4.26. The van der Waals surface area contributed by atoms with E-state index in [2.05, 4.69) is 0 Å². The van der Waals surface area contributed by atoms with Crippen molar-refractivity contribution in [3.05, 3.63) is 29.8 Å². The van der Waals surface area contributed by atoms with Crippen molar-refractivity contribution in [1.29, 1.82) is 0 Å². The van der Waals surface area contributed by atoms with Crippen LogP contribution in [0.5, 0.6) is 5.75 Å². The molecule has 1 fully saturated rings. The van der Waals surface area contributed by atoms with Crippen LogP contribution < -0.4 is 5.73 Å². The molecule has 3 N–H and O–H groups in total. The third-order valence-electron chi connectivity index (χ3n) is 3.82. The number of hydrogen-bond acceptors (Lipinski definition) is 4. The monoisotopic (exact) mass is 249 g/mol. The molecule has 0 amide bonds. The average Bonchev–Trinajstić information content (AvgIpc) is 2.47. The van der Waals surface area contributed by atoms with Crippen molar-refractivity contribution in [1.82, 2.24) is 0 Å². The zero-order valence-electron chi connectivity index (χ0n) is 11.3. The highest BCUT2D eigenvalue weighted by atomic mass is 16.7. The van der Waals surface area contributed by atoms with Gasteiger partial charge < -0.3 is 20.1 Å². The number of phenolic OH excluding ortho intramolecular Hbond substituents is 1. The van der Waals surface area contributed by atoms with Crippen molar-refractivity contribution in [2.75, 3.05) is 0 Å². The summed E-state index contributed by atoms with van der Waals surface area (Å²) in [5.41, 5.74) is 6.16. The van der Waals surface area contributed by atoms with E-state index >= 15 is 0 Å². The maximum atomic E-state index is 9.47. The fraction of sp³-hybridized carbons (Fsp3) is 0.538. The lowest BCUT2D eigenvalue weighted by atomic mass is 9.75. The molecule has 5 heteroatoms. The van der Waals surface area contributed by atoms with Crippen LogP contribution in [0.2, 0.25) is 0 Å². The fourth-order valence-electron chi connectivity index (χ4n) is 1.92. The number of aromatic hydroxyl groups is 1. The highest BCUT2D eigenvalue weighted by molar-refractivity contribution is 6.47. The van der Waals surface area contributed by atoms with Crippen LogP contribution in [0.3, 0.4) is 0 Å². The van der Waals surface area contributed by atoms with Gasteiger partial charge in [0, 0.05) is 0 Å². The SMILES string of the molecule is CC1(C)OB([C@@H](N)c2cccc(O)c2)OC1(C)C. The molecule has 0 aliphatic carbocycles. The smallest absolute Gasteiger partial charge is 0.480 e. The Balaban J connectivity index is 2.20. The molecular weight excluding hydrogens is 229 g/mol. The minimum Gasteiger partial charge on any atom is -0.508 e. The van der Waals surface area contributed by atoms with Gasteiger partial charge in [0.15, 0.2) is 0 Å². The highest BCUT2D eigenvalue weighted by Crippen LogP contribution is 2.39. The summed E-state index contributed by atoms with van der Waals surface area (Å²) in [6.45, 7) is 7.95. The lowest BCUT2D eigenvalue weighted by molar-refractivity contribution is 0.00578. The fourth-order valence-corrected chi connectivity index (χ4v) is 1.92. The molecule has 0 radical (unpaired) electrons. The minimum absolute atomic E-state index is 0.194. The molecule has 98 valence electrons. The quantitative estimate of drug-likeness (QED) is 0.787. The largest absolute Gasteiger partial charge is 0.508 e. The molecule has 0 saturated carbocycles. The van der Waals surface area contributed by atoms with E-state index in [4.69, 9.17) is 15.0 Å². The van der Waals surface area contributed by atoms with Crippen LogP contribution in [0.25, 0.3) is 0 Å². The molecule has 1 heterocycles. The number of phenols is 1. The normalized spacial score (nSPS) is 23.1. The van der Waals surface area contributed by atoms with E-state index in [1.54, 1.807) is 18.2 Å². The lowest BCUT2D eigenvalue weighted by Crippen LogP contribution is -2.41. The Morgan fingerprint density at radius 3 is 2.22 bits per heavy atom. The third kappa shape index (κ3) is 2.26. The molecule has 0 spiro atoms. The molecule has 2 rings (SSSR count). The van der Waals surface area contributed by atoms with Crippen LogP contribution in [0, 0.1) is 0 Å². The summed E-state index contributed by atoms with van der Waals surface area (Å²) < 4.78 is 11.8. The van der Waals surface area contributed by atoms with Gasteiger partial charge in [0.2, 0.25) is 0 Å². The van der Waals surface area contributed by atoms with Crippen molar-refractivity contribution in [3.63, 3.8) is 0 Å². The van der Waals surface area contributed by atoms with E-state index in [0.717, 1.165) is 5.56 Å². The summed E-state index contributed by atoms with van der Waals surface area (Å²) >= 11 is 0. The molecule has 4 nitrogen and oxygen atoms in total. The van der Waals surface area contributed by atoms with Gasteiger partial charge in [0.25, 0.3) is 0 Å². The Bertz CT molecular complexity index is 432. The molecule has 1 aromatic rings. The lowest BCUT2D eigenvalue weighted by Gasteiger charge is -2.32. The first kappa shape index (κ1) is 13.4. The molecule has 1 aromatic carbocycles. The van der Waals surface area contributed by atoms with Gasteiger partial charge in [-0.25, -0.2) is 0 Å². The van der Waals surface area contributed by atoms with Gasteiger partial charge in [-0.15, -0.1) is 0 Å². The van der Waals surface area contributed by atoms with Crippen molar-refractivity contribution in [2.45, 2.75) is 44.8 Å².